The maximum Gasteiger partial charge on any atom is 0.236 e. The molecule has 1 amide bonds. The summed E-state index contributed by atoms with van der Waals surface area (Å²) < 4.78 is 5.27. The SMILES string of the molecule is Cl.NCCC1CCCN(CC(=O)N2CCOCC2)C1. The minimum atomic E-state index is 0. The van der Waals surface area contributed by atoms with Crippen molar-refractivity contribution in [1.82, 2.24) is 9.80 Å². The van der Waals surface area contributed by atoms with Crippen LogP contribution in [0.1, 0.15) is 19.3 Å². The molecule has 0 bridgehead atoms. The molecule has 6 heteroatoms. The molecule has 2 N–H and O–H groups in total. The Balaban J connectivity index is 0.00000180. The van der Waals surface area contributed by atoms with Gasteiger partial charge in [0.2, 0.25) is 5.91 Å². The summed E-state index contributed by atoms with van der Waals surface area (Å²) in [5, 5.41) is 0. The summed E-state index contributed by atoms with van der Waals surface area (Å²) in [6.07, 6.45) is 3.54. The molecule has 2 aliphatic rings. The van der Waals surface area contributed by atoms with Gasteiger partial charge in [0, 0.05) is 19.6 Å². The van der Waals surface area contributed by atoms with Crippen molar-refractivity contribution in [2.45, 2.75) is 19.3 Å². The van der Waals surface area contributed by atoms with Gasteiger partial charge in [-0.15, -0.1) is 12.4 Å². The summed E-state index contributed by atoms with van der Waals surface area (Å²) in [5.74, 6) is 0.938. The molecule has 112 valence electrons. The van der Waals surface area contributed by atoms with Crippen LogP contribution < -0.4 is 5.73 Å². The maximum atomic E-state index is 12.1. The second kappa shape index (κ2) is 8.74. The normalized spacial score (nSPS) is 24.9. The van der Waals surface area contributed by atoms with E-state index in [1.807, 2.05) is 4.90 Å². The van der Waals surface area contributed by atoms with Gasteiger partial charge in [0.15, 0.2) is 0 Å². The molecule has 0 saturated carbocycles. The van der Waals surface area contributed by atoms with Crippen LogP contribution in [0.5, 0.6) is 0 Å². The number of nitrogens with zero attached hydrogens (tertiary/aromatic N) is 2. The van der Waals surface area contributed by atoms with Crippen molar-refractivity contribution in [3.05, 3.63) is 0 Å². The molecular weight excluding hydrogens is 266 g/mol. The number of nitrogens with two attached hydrogens (primary N) is 1. The Hall–Kier alpha value is -0.360. The lowest BCUT2D eigenvalue weighted by Crippen LogP contribution is -2.47. The third kappa shape index (κ3) is 5.26. The third-order valence-electron chi connectivity index (χ3n) is 3.90. The van der Waals surface area contributed by atoms with Gasteiger partial charge in [0.1, 0.15) is 0 Å². The molecule has 2 heterocycles. The van der Waals surface area contributed by atoms with Crippen LogP contribution in [0, 0.1) is 5.92 Å². The van der Waals surface area contributed by atoms with Gasteiger partial charge in [-0.2, -0.15) is 0 Å². The highest BCUT2D eigenvalue weighted by molar-refractivity contribution is 5.85. The van der Waals surface area contributed by atoms with Gasteiger partial charge in [-0.3, -0.25) is 9.69 Å². The van der Waals surface area contributed by atoms with E-state index in [0.29, 0.717) is 25.7 Å². The first kappa shape index (κ1) is 16.7. The second-order valence-electron chi connectivity index (χ2n) is 5.31. The number of amides is 1. The second-order valence-corrected chi connectivity index (χ2v) is 5.31. The van der Waals surface area contributed by atoms with E-state index in [9.17, 15) is 4.79 Å². The number of hydrogen-bond acceptors (Lipinski definition) is 4. The van der Waals surface area contributed by atoms with E-state index >= 15 is 0 Å². The highest BCUT2D eigenvalue weighted by atomic mass is 35.5. The Morgan fingerprint density at radius 1 is 1.26 bits per heavy atom. The predicted octanol–water partition coefficient (Wildman–Crippen LogP) is 0.328. The number of ether oxygens (including phenoxy) is 1. The largest absolute Gasteiger partial charge is 0.378 e. The molecule has 5 nitrogen and oxygen atoms in total. The Labute approximate surface area is 121 Å². The van der Waals surface area contributed by atoms with Crippen molar-refractivity contribution in [2.24, 2.45) is 11.7 Å². The topological polar surface area (TPSA) is 58.8 Å². The van der Waals surface area contributed by atoms with Crippen molar-refractivity contribution in [1.29, 1.82) is 0 Å². The maximum absolute atomic E-state index is 12.1. The molecule has 2 saturated heterocycles. The standard InChI is InChI=1S/C13H25N3O2.ClH/c14-4-3-12-2-1-5-15(10-12)11-13(17)16-6-8-18-9-7-16;/h12H,1-11,14H2;1H. The number of carbonyl (C=O) groups is 1. The number of halogens is 1. The van der Waals surface area contributed by atoms with Crippen LogP contribution in [0.15, 0.2) is 0 Å². The smallest absolute Gasteiger partial charge is 0.236 e. The first-order valence-electron chi connectivity index (χ1n) is 7.07. The van der Waals surface area contributed by atoms with E-state index in [1.54, 1.807) is 0 Å². The molecular formula is C13H26ClN3O2. The monoisotopic (exact) mass is 291 g/mol. The summed E-state index contributed by atoms with van der Waals surface area (Å²) in [5.41, 5.74) is 5.62. The van der Waals surface area contributed by atoms with Crippen LogP contribution in [0.25, 0.3) is 0 Å². The summed E-state index contributed by atoms with van der Waals surface area (Å²) >= 11 is 0. The Bertz CT molecular complexity index is 271. The van der Waals surface area contributed by atoms with Crippen molar-refractivity contribution >= 4 is 18.3 Å². The average Bonchev–Trinajstić information content (AvgIpc) is 2.40. The zero-order valence-electron chi connectivity index (χ0n) is 11.6. The highest BCUT2D eigenvalue weighted by Gasteiger charge is 2.24. The summed E-state index contributed by atoms with van der Waals surface area (Å²) in [4.78, 5) is 16.4. The molecule has 2 aliphatic heterocycles. The fraction of sp³-hybridized carbons (Fsp3) is 0.923. The van der Waals surface area contributed by atoms with Crippen molar-refractivity contribution < 1.29 is 9.53 Å². The highest BCUT2D eigenvalue weighted by Crippen LogP contribution is 2.18. The summed E-state index contributed by atoms with van der Waals surface area (Å²) in [6.45, 7) is 6.28. The average molecular weight is 292 g/mol. The van der Waals surface area contributed by atoms with E-state index in [4.69, 9.17) is 10.5 Å². The van der Waals surface area contributed by atoms with Crippen molar-refractivity contribution in [3.63, 3.8) is 0 Å². The molecule has 0 aromatic heterocycles. The van der Waals surface area contributed by atoms with Gasteiger partial charge < -0.3 is 15.4 Å². The minimum Gasteiger partial charge on any atom is -0.378 e. The van der Waals surface area contributed by atoms with Gasteiger partial charge in [0.05, 0.1) is 19.8 Å². The minimum absolute atomic E-state index is 0. The van der Waals surface area contributed by atoms with E-state index < -0.39 is 0 Å². The summed E-state index contributed by atoms with van der Waals surface area (Å²) in [7, 11) is 0. The first-order chi connectivity index (χ1) is 8.79. The molecule has 0 aromatic carbocycles. The molecule has 0 spiro atoms. The van der Waals surface area contributed by atoms with Gasteiger partial charge >= 0.3 is 0 Å². The van der Waals surface area contributed by atoms with Gasteiger partial charge in [-0.1, -0.05) is 0 Å². The van der Waals surface area contributed by atoms with E-state index in [0.717, 1.165) is 39.1 Å². The molecule has 2 rings (SSSR count). The fourth-order valence-electron chi connectivity index (χ4n) is 2.87. The lowest BCUT2D eigenvalue weighted by molar-refractivity contribution is -0.136. The number of likely N-dealkylation sites (tertiary alicyclic amines) is 1. The van der Waals surface area contributed by atoms with E-state index in [-0.39, 0.29) is 18.3 Å². The van der Waals surface area contributed by atoms with Crippen LogP contribution >= 0.6 is 12.4 Å². The lowest BCUT2D eigenvalue weighted by atomic mass is 9.95. The third-order valence-corrected chi connectivity index (χ3v) is 3.90. The van der Waals surface area contributed by atoms with Crippen LogP contribution in [0.2, 0.25) is 0 Å². The van der Waals surface area contributed by atoms with Gasteiger partial charge in [0.25, 0.3) is 0 Å². The van der Waals surface area contributed by atoms with Crippen LogP contribution in [0.3, 0.4) is 0 Å². The zero-order chi connectivity index (χ0) is 12.8. The quantitative estimate of drug-likeness (QED) is 0.811. The molecule has 19 heavy (non-hydrogen) atoms. The fourth-order valence-corrected chi connectivity index (χ4v) is 2.87. The predicted molar refractivity (Wildman–Crippen MR) is 77.5 cm³/mol. The molecule has 1 atom stereocenters. The Morgan fingerprint density at radius 3 is 2.68 bits per heavy atom. The van der Waals surface area contributed by atoms with Crippen LogP contribution in [-0.2, 0) is 9.53 Å². The van der Waals surface area contributed by atoms with E-state index in [2.05, 4.69) is 4.90 Å². The van der Waals surface area contributed by atoms with Gasteiger partial charge in [-0.05, 0) is 38.3 Å². The van der Waals surface area contributed by atoms with Crippen molar-refractivity contribution in [2.75, 3.05) is 52.5 Å². The molecule has 2 fully saturated rings. The van der Waals surface area contributed by atoms with Crippen LogP contribution in [-0.4, -0.2) is 68.2 Å². The first-order valence-corrected chi connectivity index (χ1v) is 7.07. The number of piperidine rings is 1. The number of carbonyl (C=O) groups excluding carboxylic acids is 1. The van der Waals surface area contributed by atoms with Gasteiger partial charge in [-0.25, -0.2) is 0 Å². The molecule has 0 aromatic rings. The van der Waals surface area contributed by atoms with Crippen LogP contribution in [0.4, 0.5) is 0 Å². The Kier molecular flexibility index (Phi) is 7.68. The summed E-state index contributed by atoms with van der Waals surface area (Å²) in [6, 6.07) is 0. The zero-order valence-corrected chi connectivity index (χ0v) is 12.4. The Morgan fingerprint density at radius 2 is 2.00 bits per heavy atom. The lowest BCUT2D eigenvalue weighted by Gasteiger charge is -2.34. The number of morpholine rings is 1. The molecule has 0 aliphatic carbocycles. The van der Waals surface area contributed by atoms with E-state index in [1.165, 1.54) is 12.8 Å². The molecule has 0 radical (unpaired) electrons. The molecule has 1 unspecified atom stereocenters. The van der Waals surface area contributed by atoms with Crippen molar-refractivity contribution in [3.8, 4) is 0 Å². The number of hydrogen-bond donors (Lipinski definition) is 1. The number of rotatable bonds is 4.